The average Bonchev–Trinajstić information content (AvgIpc) is 3.37. The van der Waals surface area contributed by atoms with Crippen LogP contribution in [-0.2, 0) is 6.42 Å². The second-order valence-electron chi connectivity index (χ2n) is 7.53. The highest BCUT2D eigenvalue weighted by Gasteiger charge is 2.19. The van der Waals surface area contributed by atoms with Gasteiger partial charge in [0.15, 0.2) is 0 Å². The van der Waals surface area contributed by atoms with Crippen molar-refractivity contribution in [1.29, 1.82) is 0 Å². The minimum absolute atomic E-state index is 0.134. The Balaban J connectivity index is 1.42. The molecule has 164 valence electrons. The van der Waals surface area contributed by atoms with Crippen molar-refractivity contribution in [2.24, 2.45) is 0 Å². The molecule has 0 aromatic carbocycles. The summed E-state index contributed by atoms with van der Waals surface area (Å²) >= 11 is 2.96. The number of β-amino-alcohol motifs (C(OH)–C–C–N with tert-alkyl or cyclic N) is 1. The average molecular weight is 459 g/mol. The number of aromatic nitrogens is 3. The van der Waals surface area contributed by atoms with E-state index in [0.29, 0.717) is 17.8 Å². The number of thiazole rings is 1. The molecule has 0 saturated carbocycles. The standard InChI is InChI=1S/C21H26N6O2S2/c1-14-12-30-13-17(14)25-21(29)18-11-22-20(31-18)10-16-9-19(24-15(2)23-16)27-5-3-26(4-6-27)7-8-28/h9,11-13,28H,3-8,10H2,1-2H3,(H,25,29). The van der Waals surface area contributed by atoms with Gasteiger partial charge in [-0.15, -0.1) is 22.7 Å². The number of hydrogen-bond donors (Lipinski definition) is 2. The van der Waals surface area contributed by atoms with Crippen molar-refractivity contribution < 1.29 is 9.90 Å². The lowest BCUT2D eigenvalue weighted by Crippen LogP contribution is -2.47. The summed E-state index contributed by atoms with van der Waals surface area (Å²) in [6, 6.07) is 2.02. The molecule has 1 saturated heterocycles. The SMILES string of the molecule is Cc1nc(Cc2ncc(C(=O)Nc3cscc3C)s2)cc(N2CCN(CCO)CC2)n1. The number of hydrogen-bond acceptors (Lipinski definition) is 9. The Morgan fingerprint density at radius 2 is 2.00 bits per heavy atom. The zero-order valence-electron chi connectivity index (χ0n) is 17.7. The Morgan fingerprint density at radius 1 is 1.19 bits per heavy atom. The first-order valence-electron chi connectivity index (χ1n) is 10.2. The fourth-order valence-corrected chi connectivity index (χ4v) is 5.14. The molecule has 0 atom stereocenters. The van der Waals surface area contributed by atoms with Crippen molar-refractivity contribution in [2.45, 2.75) is 20.3 Å². The molecule has 0 bridgehead atoms. The van der Waals surface area contributed by atoms with Gasteiger partial charge in [0.1, 0.15) is 16.5 Å². The Kier molecular flexibility index (Phi) is 6.91. The van der Waals surface area contributed by atoms with Gasteiger partial charge in [-0.2, -0.15) is 0 Å². The van der Waals surface area contributed by atoms with E-state index in [2.05, 4.69) is 30.1 Å². The van der Waals surface area contributed by atoms with Crippen LogP contribution < -0.4 is 10.2 Å². The lowest BCUT2D eigenvalue weighted by molar-refractivity contribution is 0.103. The molecule has 31 heavy (non-hydrogen) atoms. The number of piperazine rings is 1. The molecule has 8 nitrogen and oxygen atoms in total. The smallest absolute Gasteiger partial charge is 0.267 e. The van der Waals surface area contributed by atoms with E-state index in [9.17, 15) is 4.79 Å². The third kappa shape index (κ3) is 5.45. The maximum Gasteiger partial charge on any atom is 0.267 e. The monoisotopic (exact) mass is 458 g/mol. The summed E-state index contributed by atoms with van der Waals surface area (Å²) in [4.78, 5) is 31.3. The first-order chi connectivity index (χ1) is 15.0. The van der Waals surface area contributed by atoms with Crippen molar-refractivity contribution in [1.82, 2.24) is 19.9 Å². The van der Waals surface area contributed by atoms with Crippen LogP contribution in [0.4, 0.5) is 11.5 Å². The van der Waals surface area contributed by atoms with Gasteiger partial charge in [0.25, 0.3) is 5.91 Å². The predicted molar refractivity (Wildman–Crippen MR) is 124 cm³/mol. The minimum Gasteiger partial charge on any atom is -0.395 e. The highest BCUT2D eigenvalue weighted by Crippen LogP contribution is 2.23. The summed E-state index contributed by atoms with van der Waals surface area (Å²) < 4.78 is 0. The second-order valence-corrected chi connectivity index (χ2v) is 9.39. The lowest BCUT2D eigenvalue weighted by atomic mass is 10.2. The molecule has 0 spiro atoms. The van der Waals surface area contributed by atoms with Gasteiger partial charge < -0.3 is 15.3 Å². The molecular weight excluding hydrogens is 432 g/mol. The van der Waals surface area contributed by atoms with Crippen LogP contribution >= 0.6 is 22.7 Å². The molecule has 1 amide bonds. The van der Waals surface area contributed by atoms with Crippen molar-refractivity contribution in [3.8, 4) is 0 Å². The molecule has 4 rings (SSSR count). The van der Waals surface area contributed by atoms with Gasteiger partial charge in [-0.3, -0.25) is 9.69 Å². The summed E-state index contributed by atoms with van der Waals surface area (Å²) in [6.07, 6.45) is 2.20. The Labute approximate surface area is 189 Å². The van der Waals surface area contributed by atoms with Gasteiger partial charge in [0.2, 0.25) is 0 Å². The van der Waals surface area contributed by atoms with Crippen molar-refractivity contribution in [3.63, 3.8) is 0 Å². The molecule has 0 aliphatic carbocycles. The van der Waals surface area contributed by atoms with E-state index in [1.807, 2.05) is 30.7 Å². The maximum atomic E-state index is 12.5. The zero-order valence-corrected chi connectivity index (χ0v) is 19.3. The van der Waals surface area contributed by atoms with Crippen molar-refractivity contribution in [3.05, 3.63) is 50.0 Å². The van der Waals surface area contributed by atoms with E-state index in [-0.39, 0.29) is 12.5 Å². The largest absolute Gasteiger partial charge is 0.395 e. The fraction of sp³-hybridized carbons (Fsp3) is 0.429. The number of amides is 1. The molecule has 1 aliphatic heterocycles. The Morgan fingerprint density at radius 3 is 2.71 bits per heavy atom. The minimum atomic E-state index is -0.134. The molecule has 0 unspecified atom stereocenters. The van der Waals surface area contributed by atoms with Crippen LogP contribution in [-0.4, -0.2) is 70.2 Å². The number of aryl methyl sites for hydroxylation is 2. The van der Waals surface area contributed by atoms with Crippen molar-refractivity contribution in [2.75, 3.05) is 49.5 Å². The Bertz CT molecular complexity index is 1040. The molecule has 1 aliphatic rings. The van der Waals surface area contributed by atoms with E-state index < -0.39 is 0 Å². The van der Waals surface area contributed by atoms with E-state index in [4.69, 9.17) is 5.11 Å². The second kappa shape index (κ2) is 9.82. The highest BCUT2D eigenvalue weighted by molar-refractivity contribution is 7.13. The van der Waals surface area contributed by atoms with E-state index in [1.165, 1.54) is 11.3 Å². The molecule has 1 fully saturated rings. The van der Waals surface area contributed by atoms with Crippen LogP contribution in [0, 0.1) is 13.8 Å². The first-order valence-corrected chi connectivity index (χ1v) is 12.0. The van der Waals surface area contributed by atoms with Gasteiger partial charge in [0, 0.05) is 50.6 Å². The number of anilines is 2. The normalized spacial score (nSPS) is 14.7. The van der Waals surface area contributed by atoms with Gasteiger partial charge >= 0.3 is 0 Å². The Hall–Kier alpha value is -2.40. The van der Waals surface area contributed by atoms with Gasteiger partial charge in [-0.25, -0.2) is 15.0 Å². The van der Waals surface area contributed by atoms with Crippen LogP contribution in [0.5, 0.6) is 0 Å². The van der Waals surface area contributed by atoms with Crippen LogP contribution in [0.25, 0.3) is 0 Å². The maximum absolute atomic E-state index is 12.5. The summed E-state index contributed by atoms with van der Waals surface area (Å²) in [5, 5.41) is 16.9. The molecule has 2 N–H and O–H groups in total. The third-order valence-corrected chi connectivity index (χ3v) is 7.06. The topological polar surface area (TPSA) is 94.5 Å². The number of aliphatic hydroxyl groups excluding tert-OH is 1. The molecule has 10 heteroatoms. The number of carbonyl (C=O) groups excluding carboxylic acids is 1. The van der Waals surface area contributed by atoms with E-state index in [1.54, 1.807) is 17.5 Å². The highest BCUT2D eigenvalue weighted by atomic mass is 32.1. The third-order valence-electron chi connectivity index (χ3n) is 5.20. The lowest BCUT2D eigenvalue weighted by Gasteiger charge is -2.35. The van der Waals surface area contributed by atoms with Gasteiger partial charge in [-0.1, -0.05) is 0 Å². The predicted octanol–water partition coefficient (Wildman–Crippen LogP) is 2.57. The summed E-state index contributed by atoms with van der Waals surface area (Å²) in [5.74, 6) is 1.52. The first kappa shape index (κ1) is 21.8. The van der Waals surface area contributed by atoms with E-state index >= 15 is 0 Å². The van der Waals surface area contributed by atoms with Gasteiger partial charge in [0.05, 0.1) is 29.2 Å². The molecule has 4 heterocycles. The number of thiophene rings is 1. The van der Waals surface area contributed by atoms with Crippen LogP contribution in [0.15, 0.2) is 23.0 Å². The molecular formula is C21H26N6O2S2. The summed E-state index contributed by atoms with van der Waals surface area (Å²) in [6.45, 7) is 8.36. The van der Waals surface area contributed by atoms with Crippen LogP contribution in [0.3, 0.4) is 0 Å². The number of aliphatic hydroxyl groups is 1. The van der Waals surface area contributed by atoms with Gasteiger partial charge in [-0.05, 0) is 24.8 Å². The van der Waals surface area contributed by atoms with Crippen LogP contribution in [0.1, 0.15) is 31.8 Å². The molecule has 3 aromatic heterocycles. The number of nitrogens with one attached hydrogen (secondary N) is 1. The summed E-state index contributed by atoms with van der Waals surface area (Å²) in [5.41, 5.74) is 2.81. The molecule has 0 radical (unpaired) electrons. The van der Waals surface area contributed by atoms with E-state index in [0.717, 1.165) is 59.8 Å². The van der Waals surface area contributed by atoms with Crippen molar-refractivity contribution >= 4 is 40.1 Å². The zero-order chi connectivity index (χ0) is 21.8. The van der Waals surface area contributed by atoms with Crippen LogP contribution in [0.2, 0.25) is 0 Å². The quantitative estimate of drug-likeness (QED) is 0.562. The molecule has 3 aromatic rings. The number of rotatable bonds is 7. The fourth-order valence-electron chi connectivity index (χ4n) is 3.53. The number of nitrogens with zero attached hydrogens (tertiary/aromatic N) is 5. The number of carbonyl (C=O) groups is 1. The summed E-state index contributed by atoms with van der Waals surface area (Å²) in [7, 11) is 0.